The van der Waals surface area contributed by atoms with Crippen molar-refractivity contribution in [2.24, 2.45) is 4.99 Å². The van der Waals surface area contributed by atoms with Crippen LogP contribution >= 0.6 is 23.6 Å². The molecule has 26 heavy (non-hydrogen) atoms. The minimum absolute atomic E-state index is 0.118. The highest BCUT2D eigenvalue weighted by Gasteiger charge is 2.16. The number of carbonyl (C=O) groups is 1. The van der Waals surface area contributed by atoms with Crippen molar-refractivity contribution in [1.82, 2.24) is 9.66 Å². The summed E-state index contributed by atoms with van der Waals surface area (Å²) in [7, 11) is 0. The van der Waals surface area contributed by atoms with Crippen molar-refractivity contribution in [3.8, 4) is 5.88 Å². The molecule has 0 aliphatic carbocycles. The number of hydrogen-bond donors (Lipinski definition) is 2. The molecular weight excluding hydrogens is 368 g/mol. The molecule has 0 fully saturated rings. The number of benzene rings is 1. The summed E-state index contributed by atoms with van der Waals surface area (Å²) in [5, 5.41) is 10.5. The van der Waals surface area contributed by atoms with E-state index in [9.17, 15) is 9.90 Å². The average Bonchev–Trinajstić information content (AvgIpc) is 3.19. The number of carbonyl (C=O) groups excluding carboxylic acids is 1. The molecule has 2 N–H and O–H groups in total. The maximum Gasteiger partial charge on any atom is 0.270 e. The van der Waals surface area contributed by atoms with Crippen LogP contribution in [0.1, 0.15) is 20.8 Å². The van der Waals surface area contributed by atoms with Crippen molar-refractivity contribution in [2.45, 2.75) is 0 Å². The van der Waals surface area contributed by atoms with Gasteiger partial charge in [-0.15, -0.1) is 0 Å². The Kier molecular flexibility index (Phi) is 4.19. The van der Waals surface area contributed by atoms with Crippen molar-refractivity contribution < 1.29 is 9.90 Å². The van der Waals surface area contributed by atoms with Gasteiger partial charge in [-0.2, -0.15) is 4.68 Å². The first-order valence-corrected chi connectivity index (χ1v) is 8.87. The SMILES string of the molecule is O=C(Nn1c(O)c(/C=C2\C=Nc3ccccc32)sc1=S)c1ccncc1. The molecule has 128 valence electrons. The first kappa shape index (κ1) is 16.4. The molecule has 0 saturated heterocycles. The zero-order valence-electron chi connectivity index (χ0n) is 13.3. The van der Waals surface area contributed by atoms with Crippen LogP contribution in [-0.4, -0.2) is 26.9 Å². The Morgan fingerprint density at radius 3 is 2.81 bits per heavy atom. The van der Waals surface area contributed by atoms with Gasteiger partial charge in [0.1, 0.15) is 0 Å². The Morgan fingerprint density at radius 1 is 1.23 bits per heavy atom. The van der Waals surface area contributed by atoms with Crippen LogP contribution in [0.15, 0.2) is 53.8 Å². The van der Waals surface area contributed by atoms with Crippen molar-refractivity contribution in [3.05, 3.63) is 68.8 Å². The number of thiazole rings is 1. The Morgan fingerprint density at radius 2 is 2.00 bits per heavy atom. The van der Waals surface area contributed by atoms with Crippen LogP contribution in [-0.2, 0) is 0 Å². The van der Waals surface area contributed by atoms with E-state index < -0.39 is 0 Å². The molecule has 1 amide bonds. The third-order valence-corrected chi connectivity index (χ3v) is 5.12. The number of aliphatic imine (C=N–C) groups is 1. The van der Waals surface area contributed by atoms with Gasteiger partial charge in [-0.1, -0.05) is 29.5 Å². The summed E-state index contributed by atoms with van der Waals surface area (Å²) in [6.07, 6.45) is 6.59. The summed E-state index contributed by atoms with van der Waals surface area (Å²) in [6.45, 7) is 0. The standard InChI is InChI=1S/C18H12N4O2S2/c23-16(11-5-7-19-8-6-11)21-22-17(24)15(26-18(22)25)9-12-10-20-14-4-2-1-3-13(12)14/h1-10,24H,(H,21,23)/b12-9+. The molecule has 1 aliphatic heterocycles. The molecule has 2 aromatic heterocycles. The van der Waals surface area contributed by atoms with Gasteiger partial charge in [-0.05, 0) is 36.5 Å². The number of nitrogens with one attached hydrogen (secondary N) is 1. The lowest BCUT2D eigenvalue weighted by atomic mass is 10.1. The van der Waals surface area contributed by atoms with Crippen LogP contribution in [0.5, 0.6) is 5.88 Å². The van der Waals surface area contributed by atoms with E-state index in [1.165, 1.54) is 28.4 Å². The fourth-order valence-corrected chi connectivity index (χ4v) is 3.72. The lowest BCUT2D eigenvalue weighted by Crippen LogP contribution is -2.22. The van der Waals surface area contributed by atoms with Gasteiger partial charge in [0, 0.05) is 35.3 Å². The van der Waals surface area contributed by atoms with Gasteiger partial charge in [0.2, 0.25) is 5.88 Å². The first-order valence-electron chi connectivity index (χ1n) is 7.65. The zero-order valence-corrected chi connectivity index (χ0v) is 14.9. The van der Waals surface area contributed by atoms with Gasteiger partial charge in [0.05, 0.1) is 10.6 Å². The molecule has 4 rings (SSSR count). The number of fused-ring (bicyclic) bond motifs is 1. The topological polar surface area (TPSA) is 79.5 Å². The Balaban J connectivity index is 1.66. The molecule has 0 bridgehead atoms. The van der Waals surface area contributed by atoms with Gasteiger partial charge in [0.15, 0.2) is 3.95 Å². The second-order valence-electron chi connectivity index (χ2n) is 5.44. The van der Waals surface area contributed by atoms with Crippen LogP contribution in [0.3, 0.4) is 0 Å². The van der Waals surface area contributed by atoms with E-state index in [-0.39, 0.29) is 11.8 Å². The van der Waals surface area contributed by atoms with E-state index >= 15 is 0 Å². The maximum atomic E-state index is 12.3. The smallest absolute Gasteiger partial charge is 0.270 e. The highest BCUT2D eigenvalue weighted by molar-refractivity contribution is 7.73. The van der Waals surface area contributed by atoms with Gasteiger partial charge < -0.3 is 5.11 Å². The summed E-state index contributed by atoms with van der Waals surface area (Å²) in [4.78, 5) is 21.1. The molecule has 6 nitrogen and oxygen atoms in total. The fraction of sp³-hybridized carbons (Fsp3) is 0. The normalized spacial score (nSPS) is 13.8. The molecule has 1 aliphatic rings. The van der Waals surface area contributed by atoms with E-state index in [2.05, 4.69) is 15.4 Å². The van der Waals surface area contributed by atoms with E-state index in [0.29, 0.717) is 14.4 Å². The largest absolute Gasteiger partial charge is 0.492 e. The molecular formula is C18H12N4O2S2. The quantitative estimate of drug-likeness (QED) is 0.673. The molecule has 0 atom stereocenters. The number of hydrogen-bond acceptors (Lipinski definition) is 6. The van der Waals surface area contributed by atoms with E-state index in [0.717, 1.165) is 16.8 Å². The summed E-state index contributed by atoms with van der Waals surface area (Å²) in [6, 6.07) is 10.9. The number of aromatic hydroxyl groups is 1. The van der Waals surface area contributed by atoms with E-state index in [4.69, 9.17) is 12.2 Å². The van der Waals surface area contributed by atoms with Crippen LogP contribution in [0.25, 0.3) is 11.6 Å². The number of nitrogens with zero attached hydrogens (tertiary/aromatic N) is 3. The first-order chi connectivity index (χ1) is 12.6. The molecule has 1 aromatic carbocycles. The van der Waals surface area contributed by atoms with Crippen LogP contribution in [0.2, 0.25) is 0 Å². The lowest BCUT2D eigenvalue weighted by Gasteiger charge is -2.07. The monoisotopic (exact) mass is 380 g/mol. The van der Waals surface area contributed by atoms with Crippen LogP contribution in [0, 0.1) is 3.95 Å². The van der Waals surface area contributed by atoms with Gasteiger partial charge in [-0.25, -0.2) is 0 Å². The van der Waals surface area contributed by atoms with Crippen molar-refractivity contribution >= 4 is 53.0 Å². The summed E-state index contributed by atoms with van der Waals surface area (Å²) in [5.74, 6) is -0.503. The van der Waals surface area contributed by atoms with Crippen molar-refractivity contribution in [1.29, 1.82) is 0 Å². The molecule has 0 saturated carbocycles. The predicted octanol–water partition coefficient (Wildman–Crippen LogP) is 4.02. The molecule has 0 radical (unpaired) electrons. The molecule has 3 aromatic rings. The third kappa shape index (κ3) is 2.96. The summed E-state index contributed by atoms with van der Waals surface area (Å²) in [5.41, 5.74) is 5.76. The highest BCUT2D eigenvalue weighted by Crippen LogP contribution is 2.35. The van der Waals surface area contributed by atoms with E-state index in [1.54, 1.807) is 24.4 Å². The fourth-order valence-electron chi connectivity index (χ4n) is 2.54. The van der Waals surface area contributed by atoms with Crippen molar-refractivity contribution in [3.63, 3.8) is 0 Å². The third-order valence-electron chi connectivity index (χ3n) is 3.81. The number of pyridine rings is 1. The second kappa shape index (κ2) is 6.66. The Bertz CT molecular complexity index is 1110. The molecule has 3 heterocycles. The molecule has 8 heteroatoms. The second-order valence-corrected chi connectivity index (χ2v) is 7.12. The van der Waals surface area contributed by atoms with Gasteiger partial charge in [-0.3, -0.25) is 20.2 Å². The van der Waals surface area contributed by atoms with Crippen LogP contribution < -0.4 is 5.43 Å². The number of rotatable bonds is 3. The summed E-state index contributed by atoms with van der Waals surface area (Å²) < 4.78 is 1.53. The van der Waals surface area contributed by atoms with Crippen molar-refractivity contribution in [2.75, 3.05) is 5.43 Å². The van der Waals surface area contributed by atoms with E-state index in [1.807, 2.05) is 24.3 Å². The molecule has 0 spiro atoms. The highest BCUT2D eigenvalue weighted by atomic mass is 32.1. The number of aromatic nitrogens is 2. The minimum Gasteiger partial charge on any atom is -0.492 e. The Hall–Kier alpha value is -3.10. The maximum absolute atomic E-state index is 12.3. The van der Waals surface area contributed by atoms with Gasteiger partial charge in [0.25, 0.3) is 5.91 Å². The average molecular weight is 380 g/mol. The van der Waals surface area contributed by atoms with Gasteiger partial charge >= 0.3 is 0 Å². The minimum atomic E-state index is -0.386. The number of allylic oxidation sites excluding steroid dienone is 1. The number of para-hydroxylation sites is 1. The predicted molar refractivity (Wildman–Crippen MR) is 105 cm³/mol. The zero-order chi connectivity index (χ0) is 18.1. The lowest BCUT2D eigenvalue weighted by molar-refractivity contribution is 0.101. The molecule has 0 unspecified atom stereocenters. The Labute approximate surface area is 157 Å². The summed E-state index contributed by atoms with van der Waals surface area (Å²) >= 11 is 6.48. The van der Waals surface area contributed by atoms with Crippen LogP contribution in [0.4, 0.5) is 5.69 Å². The number of amides is 1.